The number of hydrogen-bond acceptors (Lipinski definition) is 5. The number of ether oxygens (including phenoxy) is 1. The molecule has 0 spiro atoms. The van der Waals surface area contributed by atoms with E-state index in [2.05, 4.69) is 10.3 Å². The molecule has 0 aliphatic carbocycles. The topological polar surface area (TPSA) is 88.5 Å². The van der Waals surface area contributed by atoms with Crippen molar-refractivity contribution in [2.45, 2.75) is 52.7 Å². The van der Waals surface area contributed by atoms with E-state index in [0.29, 0.717) is 12.0 Å². The molecule has 29 heavy (non-hydrogen) atoms. The van der Waals surface area contributed by atoms with Crippen molar-refractivity contribution in [1.82, 2.24) is 10.3 Å². The van der Waals surface area contributed by atoms with Crippen LogP contribution >= 0.6 is 0 Å². The van der Waals surface area contributed by atoms with Crippen molar-refractivity contribution in [3.05, 3.63) is 53.3 Å². The minimum Gasteiger partial charge on any atom is -0.469 e. The molecule has 0 bridgehead atoms. The molecule has 2 atom stereocenters. The van der Waals surface area contributed by atoms with Gasteiger partial charge in [-0.25, -0.2) is 0 Å². The number of aromatic nitrogens is 1. The van der Waals surface area contributed by atoms with Crippen molar-refractivity contribution in [3.8, 4) is 11.1 Å². The number of methoxy groups -OCH3 is 1. The van der Waals surface area contributed by atoms with Gasteiger partial charge in [-0.2, -0.15) is 0 Å². The highest BCUT2D eigenvalue weighted by atomic mass is 16.5. The van der Waals surface area contributed by atoms with Crippen LogP contribution < -0.4 is 5.32 Å². The van der Waals surface area contributed by atoms with Gasteiger partial charge in [-0.1, -0.05) is 32.0 Å². The van der Waals surface area contributed by atoms with E-state index >= 15 is 0 Å². The molecule has 0 saturated heterocycles. The van der Waals surface area contributed by atoms with E-state index in [0.717, 1.165) is 22.3 Å². The number of rotatable bonds is 8. The molecule has 1 aromatic heterocycles. The fourth-order valence-electron chi connectivity index (χ4n) is 3.38. The van der Waals surface area contributed by atoms with Crippen LogP contribution in [0.4, 0.5) is 0 Å². The van der Waals surface area contributed by atoms with E-state index in [4.69, 9.17) is 4.74 Å². The maximum absolute atomic E-state index is 12.5. The summed E-state index contributed by atoms with van der Waals surface area (Å²) in [6.45, 7) is 7.93. The Morgan fingerprint density at radius 3 is 2.41 bits per heavy atom. The smallest absolute Gasteiger partial charge is 0.307 e. The van der Waals surface area contributed by atoms with Crippen molar-refractivity contribution in [2.75, 3.05) is 7.11 Å². The molecule has 0 aliphatic rings. The highest BCUT2D eigenvalue weighted by molar-refractivity contribution is 5.82. The largest absolute Gasteiger partial charge is 0.469 e. The number of carbonyl (C=O) groups excluding carboxylic acids is 2. The summed E-state index contributed by atoms with van der Waals surface area (Å²) in [5.74, 6) is -0.792. The van der Waals surface area contributed by atoms with Crippen molar-refractivity contribution >= 4 is 11.9 Å². The highest BCUT2D eigenvalue weighted by Gasteiger charge is 2.24. The molecule has 0 saturated carbocycles. The molecule has 1 aromatic carbocycles. The zero-order valence-electron chi connectivity index (χ0n) is 17.7. The van der Waals surface area contributed by atoms with Crippen molar-refractivity contribution in [1.29, 1.82) is 0 Å². The summed E-state index contributed by atoms with van der Waals surface area (Å²) >= 11 is 0. The molecule has 2 rings (SSSR count). The molecular weight excluding hydrogens is 368 g/mol. The maximum atomic E-state index is 12.5. The van der Waals surface area contributed by atoms with Gasteiger partial charge in [0.25, 0.3) is 0 Å². The lowest BCUT2D eigenvalue weighted by molar-refractivity contribution is -0.141. The molecule has 156 valence electrons. The van der Waals surface area contributed by atoms with Gasteiger partial charge in [0.15, 0.2) is 0 Å². The van der Waals surface area contributed by atoms with Gasteiger partial charge in [-0.3, -0.25) is 14.6 Å². The zero-order chi connectivity index (χ0) is 21.6. The molecule has 6 heteroatoms. The lowest BCUT2D eigenvalue weighted by Crippen LogP contribution is -2.38. The van der Waals surface area contributed by atoms with E-state index in [-0.39, 0.29) is 12.3 Å². The normalized spacial score (nSPS) is 13.1. The first kappa shape index (κ1) is 22.6. The van der Waals surface area contributed by atoms with Gasteiger partial charge in [0.05, 0.1) is 19.6 Å². The number of benzene rings is 1. The van der Waals surface area contributed by atoms with Gasteiger partial charge < -0.3 is 15.2 Å². The number of aliphatic hydroxyl groups is 1. The molecule has 0 fully saturated rings. The monoisotopic (exact) mass is 398 g/mol. The number of hydrogen-bond donors (Lipinski definition) is 2. The predicted octanol–water partition coefficient (Wildman–Crippen LogP) is 3.49. The summed E-state index contributed by atoms with van der Waals surface area (Å²) in [7, 11) is 1.31. The standard InChI is InChI=1S/C23H30N2O4/c1-14(2)9-20(26)23(28)25-19(11-21(27)29-5)17-10-18(13-24-12-17)22-15(3)7-6-8-16(22)4/h6-8,10,12-14,19-20,26H,9,11H2,1-5H3,(H,25,28)/t19-,20+/m0/s1. The quantitative estimate of drug-likeness (QED) is 0.665. The summed E-state index contributed by atoms with van der Waals surface area (Å²) in [6.07, 6.45) is 2.56. The van der Waals surface area contributed by atoms with Gasteiger partial charge >= 0.3 is 5.97 Å². The van der Waals surface area contributed by atoms with Crippen LogP contribution in [0.3, 0.4) is 0 Å². The van der Waals surface area contributed by atoms with E-state index in [1.807, 2.05) is 52.0 Å². The number of pyridine rings is 1. The Balaban J connectivity index is 2.36. The van der Waals surface area contributed by atoms with Crippen LogP contribution in [-0.4, -0.2) is 35.2 Å². The van der Waals surface area contributed by atoms with Crippen LogP contribution in [0.1, 0.15) is 49.4 Å². The number of nitrogens with one attached hydrogen (secondary N) is 1. The predicted molar refractivity (Wildman–Crippen MR) is 112 cm³/mol. The highest BCUT2D eigenvalue weighted by Crippen LogP contribution is 2.29. The van der Waals surface area contributed by atoms with Crippen molar-refractivity contribution < 1.29 is 19.4 Å². The second-order valence-electron chi connectivity index (χ2n) is 7.76. The summed E-state index contributed by atoms with van der Waals surface area (Å²) < 4.78 is 4.79. The van der Waals surface area contributed by atoms with Crippen LogP contribution in [0, 0.1) is 19.8 Å². The molecule has 2 aromatic rings. The summed E-state index contributed by atoms with van der Waals surface area (Å²) in [5.41, 5.74) is 4.89. The Morgan fingerprint density at radius 1 is 1.17 bits per heavy atom. The minimum atomic E-state index is -1.13. The van der Waals surface area contributed by atoms with Gasteiger partial charge in [-0.05, 0) is 54.5 Å². The second kappa shape index (κ2) is 10.2. The minimum absolute atomic E-state index is 0.0471. The van der Waals surface area contributed by atoms with Crippen LogP contribution in [0.2, 0.25) is 0 Å². The number of carbonyl (C=O) groups is 2. The van der Waals surface area contributed by atoms with Crippen LogP contribution in [0.25, 0.3) is 11.1 Å². The first-order chi connectivity index (χ1) is 13.7. The van der Waals surface area contributed by atoms with Crippen LogP contribution in [-0.2, 0) is 14.3 Å². The molecule has 1 amide bonds. The lowest BCUT2D eigenvalue weighted by atomic mass is 9.94. The van der Waals surface area contributed by atoms with Gasteiger partial charge in [0.1, 0.15) is 6.10 Å². The zero-order valence-corrected chi connectivity index (χ0v) is 17.7. The number of esters is 1. The summed E-state index contributed by atoms with van der Waals surface area (Å²) in [5, 5.41) is 12.9. The Labute approximate surface area is 172 Å². The van der Waals surface area contributed by atoms with Crippen molar-refractivity contribution in [2.24, 2.45) is 5.92 Å². The van der Waals surface area contributed by atoms with Crippen molar-refractivity contribution in [3.63, 3.8) is 0 Å². The second-order valence-corrected chi connectivity index (χ2v) is 7.76. The Kier molecular flexibility index (Phi) is 7.91. The first-order valence-corrected chi connectivity index (χ1v) is 9.79. The SMILES string of the molecule is COC(=O)C[C@H](NC(=O)[C@H](O)CC(C)C)c1cncc(-c2c(C)cccc2C)c1. The fraction of sp³-hybridized carbons (Fsp3) is 0.435. The molecule has 6 nitrogen and oxygen atoms in total. The van der Waals surface area contributed by atoms with E-state index in [1.165, 1.54) is 7.11 Å². The Bertz CT molecular complexity index is 843. The molecule has 2 N–H and O–H groups in total. The summed E-state index contributed by atoms with van der Waals surface area (Å²) in [6, 6.07) is 7.34. The number of aryl methyl sites for hydroxylation is 2. The fourth-order valence-corrected chi connectivity index (χ4v) is 3.38. The average Bonchev–Trinajstić information content (AvgIpc) is 2.66. The maximum Gasteiger partial charge on any atom is 0.307 e. The lowest BCUT2D eigenvalue weighted by Gasteiger charge is -2.21. The molecule has 0 aliphatic heterocycles. The van der Waals surface area contributed by atoms with Crippen LogP contribution in [0.15, 0.2) is 36.7 Å². The number of aliphatic hydroxyl groups excluding tert-OH is 1. The molecule has 0 radical (unpaired) electrons. The van der Waals surface area contributed by atoms with E-state index in [1.54, 1.807) is 12.4 Å². The molecule has 1 heterocycles. The van der Waals surface area contributed by atoms with E-state index < -0.39 is 24.0 Å². The van der Waals surface area contributed by atoms with Crippen LogP contribution in [0.5, 0.6) is 0 Å². The Hall–Kier alpha value is -2.73. The third kappa shape index (κ3) is 6.12. The molecule has 0 unspecified atom stereocenters. The van der Waals surface area contributed by atoms with Gasteiger partial charge in [0, 0.05) is 18.0 Å². The average molecular weight is 399 g/mol. The third-order valence-corrected chi connectivity index (χ3v) is 4.84. The first-order valence-electron chi connectivity index (χ1n) is 9.79. The van der Waals surface area contributed by atoms with Gasteiger partial charge in [-0.15, -0.1) is 0 Å². The van der Waals surface area contributed by atoms with E-state index in [9.17, 15) is 14.7 Å². The summed E-state index contributed by atoms with van der Waals surface area (Å²) in [4.78, 5) is 28.7. The van der Waals surface area contributed by atoms with Gasteiger partial charge in [0.2, 0.25) is 5.91 Å². The third-order valence-electron chi connectivity index (χ3n) is 4.84. The molecular formula is C23H30N2O4. The number of amides is 1. The Morgan fingerprint density at radius 2 is 1.83 bits per heavy atom. The number of nitrogens with zero attached hydrogens (tertiary/aromatic N) is 1.